The normalized spacial score (nSPS) is 24.1. The van der Waals surface area contributed by atoms with E-state index in [0.717, 1.165) is 4.47 Å². The highest BCUT2D eigenvalue weighted by molar-refractivity contribution is 9.10. The maximum Gasteiger partial charge on any atom is 0.320 e. The fraction of sp³-hybridized carbons (Fsp3) is 0.375. The number of allylic oxidation sites excluding steroid dienone is 1. The van der Waals surface area contributed by atoms with Gasteiger partial charge in [0.15, 0.2) is 5.78 Å². The lowest BCUT2D eigenvalue weighted by atomic mass is 9.73. The number of ketones is 1. The molecule has 1 fully saturated rings. The van der Waals surface area contributed by atoms with E-state index >= 15 is 0 Å². The van der Waals surface area contributed by atoms with E-state index in [2.05, 4.69) is 15.9 Å². The van der Waals surface area contributed by atoms with E-state index in [1.165, 1.54) is 18.2 Å². The molecule has 0 unspecified atom stereocenters. The predicted octanol–water partition coefficient (Wildman–Crippen LogP) is 2.38. The average molecular weight is 415 g/mol. The van der Waals surface area contributed by atoms with Gasteiger partial charge >= 0.3 is 5.97 Å². The van der Waals surface area contributed by atoms with Gasteiger partial charge in [0, 0.05) is 10.9 Å². The fourth-order valence-corrected chi connectivity index (χ4v) is 4.01. The van der Waals surface area contributed by atoms with Crippen LogP contribution in [0.15, 0.2) is 45.3 Å². The van der Waals surface area contributed by atoms with Crippen molar-refractivity contribution in [3.8, 4) is 0 Å². The van der Waals surface area contributed by atoms with Crippen LogP contribution in [0.1, 0.15) is 19.3 Å². The minimum absolute atomic E-state index is 0.0456. The summed E-state index contributed by atoms with van der Waals surface area (Å²) in [6.45, 7) is 0.0530. The fourth-order valence-electron chi connectivity index (χ4n) is 2.84. The molecular formula is C16H15BrO6S. The first-order chi connectivity index (χ1) is 11.3. The zero-order valence-electron chi connectivity index (χ0n) is 12.7. The molecule has 1 heterocycles. The third-order valence-electron chi connectivity index (χ3n) is 4.33. The number of ether oxygens (including phenoxy) is 1. The van der Waals surface area contributed by atoms with Crippen LogP contribution in [0.2, 0.25) is 0 Å². The lowest BCUT2D eigenvalue weighted by molar-refractivity contribution is -0.150. The maximum absolute atomic E-state index is 12.3. The number of cyclic esters (lactones) is 1. The van der Waals surface area contributed by atoms with Crippen LogP contribution in [0.4, 0.5) is 0 Å². The molecule has 1 spiro atoms. The first kappa shape index (κ1) is 17.3. The topological polar surface area (TPSA) is 86.7 Å². The van der Waals surface area contributed by atoms with Crippen LogP contribution >= 0.6 is 15.9 Å². The second-order valence-corrected chi connectivity index (χ2v) is 8.34. The van der Waals surface area contributed by atoms with Crippen molar-refractivity contribution in [3.05, 3.63) is 40.4 Å². The van der Waals surface area contributed by atoms with Gasteiger partial charge in [0.2, 0.25) is 0 Å². The molecule has 0 saturated carbocycles. The Morgan fingerprint density at radius 2 is 1.88 bits per heavy atom. The van der Waals surface area contributed by atoms with Crippen LogP contribution in [-0.4, -0.2) is 33.4 Å². The van der Waals surface area contributed by atoms with Gasteiger partial charge < -0.3 is 4.74 Å². The molecule has 1 saturated heterocycles. The zero-order chi connectivity index (χ0) is 17.4. The first-order valence-corrected chi connectivity index (χ1v) is 9.60. The molecular weight excluding hydrogens is 400 g/mol. The van der Waals surface area contributed by atoms with Crippen molar-refractivity contribution in [3.63, 3.8) is 0 Å². The highest BCUT2D eigenvalue weighted by Gasteiger charge is 2.51. The van der Waals surface area contributed by atoms with E-state index in [0.29, 0.717) is 24.8 Å². The van der Waals surface area contributed by atoms with E-state index in [9.17, 15) is 18.0 Å². The van der Waals surface area contributed by atoms with Gasteiger partial charge in [-0.3, -0.25) is 13.8 Å². The number of carbonyl (C=O) groups is 2. The van der Waals surface area contributed by atoms with Crippen LogP contribution < -0.4 is 0 Å². The van der Waals surface area contributed by atoms with Gasteiger partial charge in [0.1, 0.15) is 5.41 Å². The summed E-state index contributed by atoms with van der Waals surface area (Å²) in [5, 5.41) is 0. The highest BCUT2D eigenvalue weighted by atomic mass is 79.9. The molecule has 1 aliphatic heterocycles. The number of esters is 1. The van der Waals surface area contributed by atoms with Crippen LogP contribution in [-0.2, 0) is 28.6 Å². The maximum atomic E-state index is 12.3. The molecule has 8 heteroatoms. The van der Waals surface area contributed by atoms with Gasteiger partial charge in [0.05, 0.1) is 18.1 Å². The molecule has 1 aromatic rings. The molecule has 0 N–H and O–H groups in total. The summed E-state index contributed by atoms with van der Waals surface area (Å²) >= 11 is 3.23. The molecule has 0 bridgehead atoms. The van der Waals surface area contributed by atoms with E-state index in [1.807, 2.05) is 0 Å². The second kappa shape index (κ2) is 6.42. The molecule has 1 aliphatic carbocycles. The Labute approximate surface area is 148 Å². The molecule has 128 valence electrons. The number of hydrogen-bond donors (Lipinski definition) is 0. The smallest absolute Gasteiger partial charge is 0.320 e. The number of halogens is 1. The predicted molar refractivity (Wildman–Crippen MR) is 87.6 cm³/mol. The van der Waals surface area contributed by atoms with Gasteiger partial charge in [-0.2, -0.15) is 8.42 Å². The summed E-state index contributed by atoms with van der Waals surface area (Å²) in [6, 6.07) is 6.08. The van der Waals surface area contributed by atoms with Crippen molar-refractivity contribution in [1.29, 1.82) is 0 Å². The van der Waals surface area contributed by atoms with Crippen LogP contribution in [0, 0.1) is 5.41 Å². The third kappa shape index (κ3) is 3.18. The van der Waals surface area contributed by atoms with E-state index in [-0.39, 0.29) is 23.9 Å². The number of rotatable bonds is 4. The van der Waals surface area contributed by atoms with Gasteiger partial charge in [-0.15, -0.1) is 0 Å². The first-order valence-electron chi connectivity index (χ1n) is 7.40. The third-order valence-corrected chi connectivity index (χ3v) is 6.14. The van der Waals surface area contributed by atoms with Crippen LogP contribution in [0.5, 0.6) is 0 Å². The molecule has 6 nitrogen and oxygen atoms in total. The van der Waals surface area contributed by atoms with Crippen molar-refractivity contribution < 1.29 is 26.9 Å². The SMILES string of the molecule is O=C1C=C(COS(=O)(=O)c2ccc(Br)cc2)CC[C@@]12CCOC2=O. The van der Waals surface area contributed by atoms with Gasteiger partial charge in [-0.05, 0) is 48.8 Å². The number of benzene rings is 1. The monoisotopic (exact) mass is 414 g/mol. The molecule has 1 aromatic carbocycles. The Bertz CT molecular complexity index is 811. The molecule has 0 radical (unpaired) electrons. The summed E-state index contributed by atoms with van der Waals surface area (Å²) in [4.78, 5) is 24.1. The Morgan fingerprint density at radius 1 is 1.17 bits per heavy atom. The highest BCUT2D eigenvalue weighted by Crippen LogP contribution is 2.40. The number of hydrogen-bond acceptors (Lipinski definition) is 6. The lowest BCUT2D eigenvalue weighted by Crippen LogP contribution is -2.37. The summed E-state index contributed by atoms with van der Waals surface area (Å²) in [5.41, 5.74) is -0.514. The zero-order valence-corrected chi connectivity index (χ0v) is 15.1. The van der Waals surface area contributed by atoms with Gasteiger partial charge in [0.25, 0.3) is 10.1 Å². The Balaban J connectivity index is 1.69. The summed E-state index contributed by atoms with van der Waals surface area (Å²) in [6.07, 6.45) is 2.47. The van der Waals surface area contributed by atoms with E-state index in [1.54, 1.807) is 12.1 Å². The summed E-state index contributed by atoms with van der Waals surface area (Å²) < 4.78 is 35.0. The van der Waals surface area contributed by atoms with Crippen molar-refractivity contribution in [1.82, 2.24) is 0 Å². The Kier molecular flexibility index (Phi) is 4.63. The van der Waals surface area contributed by atoms with Crippen LogP contribution in [0.25, 0.3) is 0 Å². The lowest BCUT2D eigenvalue weighted by Gasteiger charge is -2.26. The van der Waals surface area contributed by atoms with E-state index < -0.39 is 21.5 Å². The largest absolute Gasteiger partial charge is 0.465 e. The van der Waals surface area contributed by atoms with E-state index in [4.69, 9.17) is 8.92 Å². The molecule has 3 rings (SSSR count). The Morgan fingerprint density at radius 3 is 2.46 bits per heavy atom. The molecule has 1 atom stereocenters. The van der Waals surface area contributed by atoms with Crippen molar-refractivity contribution >= 4 is 37.8 Å². The Hall–Kier alpha value is -1.51. The minimum atomic E-state index is -3.90. The average Bonchev–Trinajstić information content (AvgIpc) is 2.91. The van der Waals surface area contributed by atoms with Crippen LogP contribution in [0.3, 0.4) is 0 Å². The van der Waals surface area contributed by atoms with Gasteiger partial charge in [-0.1, -0.05) is 15.9 Å². The van der Waals surface area contributed by atoms with Crippen molar-refractivity contribution in [2.45, 2.75) is 24.2 Å². The molecule has 2 aliphatic rings. The van der Waals surface area contributed by atoms with Crippen molar-refractivity contribution in [2.24, 2.45) is 5.41 Å². The molecule has 24 heavy (non-hydrogen) atoms. The van der Waals surface area contributed by atoms with Crippen molar-refractivity contribution in [2.75, 3.05) is 13.2 Å². The minimum Gasteiger partial charge on any atom is -0.465 e. The van der Waals surface area contributed by atoms with Gasteiger partial charge in [-0.25, -0.2) is 0 Å². The number of carbonyl (C=O) groups excluding carboxylic acids is 2. The molecule has 0 aromatic heterocycles. The second-order valence-electron chi connectivity index (χ2n) is 5.81. The standard InChI is InChI=1S/C16H15BrO6S/c17-12-1-3-13(4-2-12)24(20,21)23-10-11-5-6-16(14(18)9-11)7-8-22-15(16)19/h1-4,9H,5-8,10H2/t16-/m1/s1. The quantitative estimate of drug-likeness (QED) is 0.427. The molecule has 0 amide bonds. The summed E-state index contributed by atoms with van der Waals surface area (Å²) in [7, 11) is -3.90. The summed E-state index contributed by atoms with van der Waals surface area (Å²) in [5.74, 6) is -0.804.